The molecule has 0 bridgehead atoms. The molecule has 0 aliphatic heterocycles. The Bertz CT molecular complexity index is 2030. The molecule has 0 fully saturated rings. The second-order valence-electron chi connectivity index (χ2n) is 11.3. The van der Waals surface area contributed by atoms with Crippen LogP contribution in [0.15, 0.2) is 146 Å². The number of H-pyrrole nitrogens is 1. The summed E-state index contributed by atoms with van der Waals surface area (Å²) >= 11 is 0. The fourth-order valence-electron chi connectivity index (χ4n) is 6.38. The molecule has 7 aromatic rings. The Morgan fingerprint density at radius 3 is 1.77 bits per heavy atom. The van der Waals surface area contributed by atoms with Crippen LogP contribution >= 0.6 is 0 Å². The van der Waals surface area contributed by atoms with Crippen molar-refractivity contribution in [3.8, 4) is 16.8 Å². The number of hydrogen-bond donors (Lipinski definition) is 1. The Morgan fingerprint density at radius 1 is 0.628 bits per heavy atom. The van der Waals surface area contributed by atoms with Crippen molar-refractivity contribution in [1.29, 1.82) is 0 Å². The zero-order chi connectivity index (χ0) is 29.2. The number of nitrogens with one attached hydrogen (secondary N) is 1. The highest BCUT2D eigenvalue weighted by Crippen LogP contribution is 2.43. The normalized spacial score (nSPS) is 14.6. The molecule has 1 aromatic heterocycles. The maximum atomic E-state index is 3.44. The predicted molar refractivity (Wildman–Crippen MR) is 185 cm³/mol. The Balaban J connectivity index is 0.000000963. The molecule has 1 aliphatic carbocycles. The first kappa shape index (κ1) is 26.8. The molecular formula is C41H36N2. The summed E-state index contributed by atoms with van der Waals surface area (Å²) in [5.74, 6) is 0.424. The molecule has 0 amide bonds. The minimum atomic E-state index is 0.424. The quantitative estimate of drug-likeness (QED) is 0.208. The van der Waals surface area contributed by atoms with Gasteiger partial charge in [-0.25, -0.2) is 0 Å². The summed E-state index contributed by atoms with van der Waals surface area (Å²) in [7, 11) is 0. The highest BCUT2D eigenvalue weighted by Gasteiger charge is 2.19. The van der Waals surface area contributed by atoms with Gasteiger partial charge in [-0.3, -0.25) is 9.78 Å². The number of fused-ring (bicyclic) bond motifs is 3. The van der Waals surface area contributed by atoms with Crippen molar-refractivity contribution in [2.45, 2.75) is 32.6 Å². The van der Waals surface area contributed by atoms with E-state index in [1.165, 1.54) is 66.8 Å². The summed E-state index contributed by atoms with van der Waals surface area (Å²) in [6.07, 6.45) is 9.40. The summed E-state index contributed by atoms with van der Waals surface area (Å²) in [6, 6.07) is 46.0. The van der Waals surface area contributed by atoms with E-state index in [-0.39, 0.29) is 0 Å². The van der Waals surface area contributed by atoms with Crippen molar-refractivity contribution >= 4 is 38.2 Å². The van der Waals surface area contributed by atoms with Gasteiger partial charge in [0.15, 0.2) is 0 Å². The highest BCUT2D eigenvalue weighted by atomic mass is 15.3. The van der Waals surface area contributed by atoms with E-state index < -0.39 is 0 Å². The van der Waals surface area contributed by atoms with Gasteiger partial charge in [0.05, 0.1) is 16.7 Å². The molecule has 1 aliphatic rings. The SMILES string of the molecule is C1=CC(c2ccccc2)CC=C1c1c2ccccc2c(-c2ccc(-n3[nH]c4ccccc43)cc2)c2ccccc12.CCC. The van der Waals surface area contributed by atoms with Gasteiger partial charge in [-0.15, -0.1) is 0 Å². The Hall–Kier alpha value is -5.08. The molecular weight excluding hydrogens is 520 g/mol. The molecule has 6 aromatic carbocycles. The molecule has 210 valence electrons. The third-order valence-corrected chi connectivity index (χ3v) is 8.34. The van der Waals surface area contributed by atoms with Gasteiger partial charge in [0.1, 0.15) is 0 Å². The number of aromatic nitrogens is 2. The van der Waals surface area contributed by atoms with Crippen molar-refractivity contribution in [1.82, 2.24) is 9.78 Å². The first-order chi connectivity index (χ1) is 21.3. The van der Waals surface area contributed by atoms with E-state index in [1.54, 1.807) is 0 Å². The average molecular weight is 557 g/mol. The molecule has 0 saturated carbocycles. The molecule has 43 heavy (non-hydrogen) atoms. The fraction of sp³-hybridized carbons (Fsp3) is 0.122. The second-order valence-corrected chi connectivity index (χ2v) is 11.3. The number of hydrogen-bond acceptors (Lipinski definition) is 0. The average Bonchev–Trinajstić information content (AvgIpc) is 3.05. The van der Waals surface area contributed by atoms with E-state index in [2.05, 4.69) is 169 Å². The van der Waals surface area contributed by atoms with Gasteiger partial charge in [-0.1, -0.05) is 142 Å². The van der Waals surface area contributed by atoms with E-state index in [0.717, 1.165) is 12.1 Å². The summed E-state index contributed by atoms with van der Waals surface area (Å²) in [5.41, 5.74) is 10.0. The van der Waals surface area contributed by atoms with Crippen molar-refractivity contribution in [3.05, 3.63) is 157 Å². The standard InChI is InChI=1S/C38H28N2.C3H8/c1-2-10-26(11-3-1)27-18-20-28(21-19-27)37-31-12-4-6-14-33(31)38(34-15-7-5-13-32(34)37)29-22-24-30(25-23-29)40-36-17-9-8-16-35(36)39-40;1-3-2/h1-18,20-25,27,39H,19H2;3H2,1-2H3. The maximum absolute atomic E-state index is 3.44. The lowest BCUT2D eigenvalue weighted by atomic mass is 9.82. The van der Waals surface area contributed by atoms with Crippen LogP contribution in [0.2, 0.25) is 0 Å². The summed E-state index contributed by atoms with van der Waals surface area (Å²) in [6.45, 7) is 4.25. The topological polar surface area (TPSA) is 20.7 Å². The van der Waals surface area contributed by atoms with Crippen molar-refractivity contribution in [2.75, 3.05) is 0 Å². The molecule has 0 radical (unpaired) electrons. The number of nitrogens with zero attached hydrogens (tertiary/aromatic N) is 1. The van der Waals surface area contributed by atoms with Gasteiger partial charge in [0.25, 0.3) is 0 Å². The summed E-state index contributed by atoms with van der Waals surface area (Å²) in [4.78, 5) is 0. The van der Waals surface area contributed by atoms with Gasteiger partial charge >= 0.3 is 0 Å². The van der Waals surface area contributed by atoms with Crippen LogP contribution in [-0.4, -0.2) is 9.78 Å². The molecule has 0 spiro atoms. The van der Waals surface area contributed by atoms with E-state index in [9.17, 15) is 0 Å². The lowest BCUT2D eigenvalue weighted by Crippen LogP contribution is -2.07. The van der Waals surface area contributed by atoms with Gasteiger partial charge in [0, 0.05) is 5.92 Å². The van der Waals surface area contributed by atoms with E-state index in [1.807, 2.05) is 0 Å². The van der Waals surface area contributed by atoms with Crippen LogP contribution in [0.4, 0.5) is 0 Å². The number of allylic oxidation sites excluding steroid dienone is 4. The minimum absolute atomic E-state index is 0.424. The Morgan fingerprint density at radius 2 is 1.19 bits per heavy atom. The molecule has 1 heterocycles. The largest absolute Gasteiger partial charge is 0.292 e. The van der Waals surface area contributed by atoms with Crippen molar-refractivity contribution in [3.63, 3.8) is 0 Å². The summed E-state index contributed by atoms with van der Waals surface area (Å²) in [5, 5.41) is 8.61. The van der Waals surface area contributed by atoms with E-state index >= 15 is 0 Å². The zero-order valence-electron chi connectivity index (χ0n) is 24.8. The molecule has 8 rings (SSSR count). The van der Waals surface area contributed by atoms with Crippen LogP contribution in [0.1, 0.15) is 43.7 Å². The lowest BCUT2D eigenvalue weighted by Gasteiger charge is -2.21. The smallest absolute Gasteiger partial charge is 0.0880 e. The van der Waals surface area contributed by atoms with Crippen LogP contribution in [0.5, 0.6) is 0 Å². The highest BCUT2D eigenvalue weighted by molar-refractivity contribution is 6.19. The van der Waals surface area contributed by atoms with Crippen LogP contribution in [0.25, 0.3) is 55.0 Å². The van der Waals surface area contributed by atoms with Gasteiger partial charge in [-0.05, 0) is 80.1 Å². The number of rotatable bonds is 4. The Labute approximate surface area is 253 Å². The summed E-state index contributed by atoms with van der Waals surface area (Å²) < 4.78 is 2.14. The van der Waals surface area contributed by atoms with Gasteiger partial charge < -0.3 is 0 Å². The molecule has 1 atom stereocenters. The number of benzene rings is 6. The molecule has 1 N–H and O–H groups in total. The maximum Gasteiger partial charge on any atom is 0.0880 e. The fourth-order valence-corrected chi connectivity index (χ4v) is 6.38. The van der Waals surface area contributed by atoms with Gasteiger partial charge in [0.2, 0.25) is 0 Å². The molecule has 0 saturated heterocycles. The predicted octanol–water partition coefficient (Wildman–Crippen LogP) is 11.5. The third kappa shape index (κ3) is 4.89. The minimum Gasteiger partial charge on any atom is -0.292 e. The molecule has 2 heteroatoms. The lowest BCUT2D eigenvalue weighted by molar-refractivity contribution is 0.857. The van der Waals surface area contributed by atoms with Crippen LogP contribution in [0, 0.1) is 0 Å². The van der Waals surface area contributed by atoms with Crippen molar-refractivity contribution in [2.24, 2.45) is 0 Å². The number of para-hydroxylation sites is 2. The molecule has 2 nitrogen and oxygen atoms in total. The van der Waals surface area contributed by atoms with Crippen LogP contribution < -0.4 is 0 Å². The Kier molecular flexibility index (Phi) is 7.27. The second kappa shape index (κ2) is 11.7. The van der Waals surface area contributed by atoms with Crippen LogP contribution in [-0.2, 0) is 0 Å². The van der Waals surface area contributed by atoms with E-state index in [4.69, 9.17) is 0 Å². The van der Waals surface area contributed by atoms with E-state index in [0.29, 0.717) is 5.92 Å². The monoisotopic (exact) mass is 556 g/mol. The third-order valence-electron chi connectivity index (χ3n) is 8.34. The van der Waals surface area contributed by atoms with Gasteiger partial charge in [-0.2, -0.15) is 0 Å². The zero-order valence-corrected chi connectivity index (χ0v) is 24.8. The van der Waals surface area contributed by atoms with Crippen LogP contribution in [0.3, 0.4) is 0 Å². The number of aromatic amines is 1. The first-order valence-electron chi connectivity index (χ1n) is 15.4. The van der Waals surface area contributed by atoms with Crippen molar-refractivity contribution < 1.29 is 0 Å². The first-order valence-corrected chi connectivity index (χ1v) is 15.4. The molecule has 1 unspecified atom stereocenters.